The molecule has 1 heterocycles. The molecule has 0 aliphatic heterocycles. The molecule has 1 aromatic heterocycles. The fourth-order valence-corrected chi connectivity index (χ4v) is 2.77. The molecule has 3 N–H and O–H groups in total. The van der Waals surface area contributed by atoms with Gasteiger partial charge in [0.15, 0.2) is 0 Å². The third kappa shape index (κ3) is 2.03. The molecule has 1 aliphatic rings. The van der Waals surface area contributed by atoms with Crippen molar-refractivity contribution in [2.75, 3.05) is 0 Å². The second-order valence-electron chi connectivity index (χ2n) is 3.45. The number of thioether (sulfide) groups is 1. The lowest BCUT2D eigenvalue weighted by Crippen LogP contribution is -2.26. The second kappa shape index (κ2) is 3.67. The molecular formula is C8H14N4S. The van der Waals surface area contributed by atoms with E-state index in [4.69, 9.17) is 5.73 Å². The minimum Gasteiger partial charge on any atom is -0.327 e. The fraction of sp³-hybridized carbons (Fsp3) is 0.750. The van der Waals surface area contributed by atoms with Gasteiger partial charge < -0.3 is 5.73 Å². The van der Waals surface area contributed by atoms with Gasteiger partial charge in [0.2, 0.25) is 5.16 Å². The van der Waals surface area contributed by atoms with Crippen LogP contribution in [0, 0.1) is 6.92 Å². The van der Waals surface area contributed by atoms with Gasteiger partial charge in [-0.1, -0.05) is 18.2 Å². The van der Waals surface area contributed by atoms with Gasteiger partial charge in [0.05, 0.1) is 0 Å². The van der Waals surface area contributed by atoms with E-state index in [9.17, 15) is 0 Å². The first kappa shape index (κ1) is 9.02. The van der Waals surface area contributed by atoms with Crippen LogP contribution in [-0.4, -0.2) is 26.5 Å². The summed E-state index contributed by atoms with van der Waals surface area (Å²) >= 11 is 1.70. The molecule has 0 bridgehead atoms. The van der Waals surface area contributed by atoms with Crippen molar-refractivity contribution in [1.29, 1.82) is 0 Å². The molecule has 0 saturated heterocycles. The number of H-pyrrole nitrogens is 1. The van der Waals surface area contributed by atoms with Gasteiger partial charge in [-0.15, -0.1) is 5.10 Å². The maximum absolute atomic E-state index is 5.95. The molecule has 4 nitrogen and oxygen atoms in total. The molecule has 1 aliphatic carbocycles. The van der Waals surface area contributed by atoms with E-state index in [1.165, 1.54) is 12.8 Å². The van der Waals surface area contributed by atoms with E-state index in [0.29, 0.717) is 11.3 Å². The Morgan fingerprint density at radius 1 is 1.54 bits per heavy atom. The summed E-state index contributed by atoms with van der Waals surface area (Å²) in [4.78, 5) is 4.25. The van der Waals surface area contributed by atoms with Crippen LogP contribution in [0.25, 0.3) is 0 Å². The predicted molar refractivity (Wildman–Crippen MR) is 52.6 cm³/mol. The van der Waals surface area contributed by atoms with E-state index in [1.807, 2.05) is 6.92 Å². The largest absolute Gasteiger partial charge is 0.327 e. The van der Waals surface area contributed by atoms with Crippen LogP contribution in [0.2, 0.25) is 0 Å². The van der Waals surface area contributed by atoms with E-state index in [-0.39, 0.29) is 0 Å². The van der Waals surface area contributed by atoms with Crippen molar-refractivity contribution in [3.63, 3.8) is 0 Å². The Hall–Kier alpha value is -0.550. The quantitative estimate of drug-likeness (QED) is 0.746. The van der Waals surface area contributed by atoms with Crippen LogP contribution >= 0.6 is 11.8 Å². The highest BCUT2D eigenvalue weighted by Gasteiger charge is 2.25. The zero-order chi connectivity index (χ0) is 9.26. The number of aromatic amines is 1. The molecule has 2 rings (SSSR count). The maximum atomic E-state index is 5.95. The number of nitrogens with zero attached hydrogens (tertiary/aromatic N) is 2. The van der Waals surface area contributed by atoms with Crippen molar-refractivity contribution < 1.29 is 0 Å². The molecule has 72 valence electrons. The number of hydrogen-bond donors (Lipinski definition) is 2. The summed E-state index contributed by atoms with van der Waals surface area (Å²) < 4.78 is 0. The van der Waals surface area contributed by atoms with Crippen molar-refractivity contribution >= 4 is 11.8 Å². The van der Waals surface area contributed by atoms with Gasteiger partial charge in [-0.05, 0) is 19.8 Å². The Balaban J connectivity index is 1.97. The highest BCUT2D eigenvalue weighted by Crippen LogP contribution is 2.32. The lowest BCUT2D eigenvalue weighted by molar-refractivity contribution is 0.714. The summed E-state index contributed by atoms with van der Waals surface area (Å²) in [6.45, 7) is 1.91. The van der Waals surface area contributed by atoms with E-state index < -0.39 is 0 Å². The minimum atomic E-state index is 0.323. The first-order valence-electron chi connectivity index (χ1n) is 4.57. The van der Waals surface area contributed by atoms with Gasteiger partial charge in [-0.3, -0.25) is 5.10 Å². The van der Waals surface area contributed by atoms with E-state index in [2.05, 4.69) is 15.2 Å². The predicted octanol–water partition coefficient (Wildman–Crippen LogP) is 1.09. The average Bonchev–Trinajstić information content (AvgIpc) is 2.64. The van der Waals surface area contributed by atoms with Crippen LogP contribution in [-0.2, 0) is 0 Å². The molecule has 1 fully saturated rings. The van der Waals surface area contributed by atoms with Gasteiger partial charge in [-0.2, -0.15) is 0 Å². The molecule has 2 unspecified atom stereocenters. The number of hydrogen-bond acceptors (Lipinski definition) is 4. The maximum Gasteiger partial charge on any atom is 0.208 e. The molecule has 0 radical (unpaired) electrons. The topological polar surface area (TPSA) is 67.6 Å². The molecular weight excluding hydrogens is 184 g/mol. The Labute approximate surface area is 81.7 Å². The standard InChI is InChI=1S/C8H14N4S/c1-5-10-8(12-11-5)13-7-4-2-3-6(7)9/h6-7H,2-4,9H2,1H3,(H,10,11,12). The number of rotatable bonds is 2. The van der Waals surface area contributed by atoms with Crippen molar-refractivity contribution in [3.8, 4) is 0 Å². The lowest BCUT2D eigenvalue weighted by Gasteiger charge is -2.11. The average molecular weight is 198 g/mol. The first-order valence-corrected chi connectivity index (χ1v) is 5.45. The molecule has 0 spiro atoms. The monoisotopic (exact) mass is 198 g/mol. The summed E-state index contributed by atoms with van der Waals surface area (Å²) in [6, 6.07) is 0.323. The van der Waals surface area contributed by atoms with Crippen LogP contribution in [0.15, 0.2) is 5.16 Å². The van der Waals surface area contributed by atoms with Gasteiger partial charge >= 0.3 is 0 Å². The molecule has 1 saturated carbocycles. The van der Waals surface area contributed by atoms with Gasteiger partial charge in [0.25, 0.3) is 0 Å². The van der Waals surface area contributed by atoms with Crippen LogP contribution in [0.5, 0.6) is 0 Å². The van der Waals surface area contributed by atoms with E-state index in [0.717, 1.165) is 17.4 Å². The van der Waals surface area contributed by atoms with E-state index in [1.54, 1.807) is 11.8 Å². The lowest BCUT2D eigenvalue weighted by atomic mass is 10.3. The third-order valence-electron chi connectivity index (χ3n) is 2.34. The van der Waals surface area contributed by atoms with E-state index >= 15 is 0 Å². The van der Waals surface area contributed by atoms with Gasteiger partial charge in [0.1, 0.15) is 5.82 Å². The van der Waals surface area contributed by atoms with Crippen molar-refractivity contribution in [2.45, 2.75) is 42.6 Å². The Morgan fingerprint density at radius 2 is 2.38 bits per heavy atom. The van der Waals surface area contributed by atoms with Crippen molar-refractivity contribution in [3.05, 3.63) is 5.82 Å². The fourth-order valence-electron chi connectivity index (χ4n) is 1.61. The molecule has 1 aromatic rings. The third-order valence-corrected chi connectivity index (χ3v) is 3.62. The Bertz CT molecular complexity index is 285. The first-order chi connectivity index (χ1) is 6.25. The van der Waals surface area contributed by atoms with Crippen LogP contribution < -0.4 is 5.73 Å². The molecule has 2 atom stereocenters. The SMILES string of the molecule is Cc1nc(SC2CCCC2N)n[nH]1. The zero-order valence-corrected chi connectivity index (χ0v) is 8.47. The van der Waals surface area contributed by atoms with Crippen LogP contribution in [0.3, 0.4) is 0 Å². The van der Waals surface area contributed by atoms with Gasteiger partial charge in [0, 0.05) is 11.3 Å². The zero-order valence-electron chi connectivity index (χ0n) is 7.66. The Morgan fingerprint density at radius 3 is 2.92 bits per heavy atom. The molecule has 0 amide bonds. The summed E-state index contributed by atoms with van der Waals surface area (Å²) in [6.07, 6.45) is 3.57. The van der Waals surface area contributed by atoms with Crippen molar-refractivity contribution in [1.82, 2.24) is 15.2 Å². The van der Waals surface area contributed by atoms with Gasteiger partial charge in [-0.25, -0.2) is 4.98 Å². The molecule has 5 heteroatoms. The summed E-state index contributed by atoms with van der Waals surface area (Å²) in [5, 5.41) is 8.26. The summed E-state index contributed by atoms with van der Waals surface area (Å²) in [5.74, 6) is 0.870. The number of nitrogens with two attached hydrogens (primary N) is 1. The highest BCUT2D eigenvalue weighted by molar-refractivity contribution is 7.99. The normalized spacial score (nSPS) is 28.2. The highest BCUT2D eigenvalue weighted by atomic mass is 32.2. The molecule has 0 aromatic carbocycles. The Kier molecular flexibility index (Phi) is 2.55. The summed E-state index contributed by atoms with van der Waals surface area (Å²) in [5.41, 5.74) is 5.95. The smallest absolute Gasteiger partial charge is 0.208 e. The summed E-state index contributed by atoms with van der Waals surface area (Å²) in [7, 11) is 0. The number of aryl methyl sites for hydroxylation is 1. The van der Waals surface area contributed by atoms with Crippen molar-refractivity contribution in [2.24, 2.45) is 5.73 Å². The number of aromatic nitrogens is 3. The van der Waals surface area contributed by atoms with Crippen LogP contribution in [0.1, 0.15) is 25.1 Å². The van der Waals surface area contributed by atoms with Crippen LogP contribution in [0.4, 0.5) is 0 Å². The molecule has 13 heavy (non-hydrogen) atoms. The minimum absolute atomic E-state index is 0.323. The number of nitrogens with one attached hydrogen (secondary N) is 1. The second-order valence-corrected chi connectivity index (χ2v) is 4.66.